The van der Waals surface area contributed by atoms with Crippen LogP contribution in [0.1, 0.15) is 20.8 Å². The highest BCUT2D eigenvalue weighted by atomic mass is 19.4. The van der Waals surface area contributed by atoms with Gasteiger partial charge in [0.15, 0.2) is 6.10 Å². The quantitative estimate of drug-likeness (QED) is 0.493. The summed E-state index contributed by atoms with van der Waals surface area (Å²) < 4.78 is 67.7. The monoisotopic (exact) mass is 304 g/mol. The number of hydrogen-bond acceptors (Lipinski definition) is 3. The van der Waals surface area contributed by atoms with Gasteiger partial charge in [0.05, 0.1) is 0 Å². The van der Waals surface area contributed by atoms with Gasteiger partial charge in [0, 0.05) is 17.6 Å². The highest BCUT2D eigenvalue weighted by molar-refractivity contribution is 5.90. The van der Waals surface area contributed by atoms with E-state index in [4.69, 9.17) is 5.11 Å². The Morgan fingerprint density at radius 3 is 1.80 bits per heavy atom. The van der Waals surface area contributed by atoms with Crippen molar-refractivity contribution in [1.29, 1.82) is 0 Å². The molecule has 0 aromatic heterocycles. The van der Waals surface area contributed by atoms with Gasteiger partial charge in [-0.1, -0.05) is 20.8 Å². The first-order chi connectivity index (χ1) is 8.69. The van der Waals surface area contributed by atoms with Crippen LogP contribution in [0.4, 0.5) is 22.0 Å². The summed E-state index contributed by atoms with van der Waals surface area (Å²) in [7, 11) is 0. The molecule has 0 amide bonds. The van der Waals surface area contributed by atoms with Crippen molar-refractivity contribution in [2.45, 2.75) is 39.0 Å². The molecule has 0 spiro atoms. The molecule has 1 unspecified atom stereocenters. The average Bonchev–Trinajstić information content (AvgIpc) is 2.19. The van der Waals surface area contributed by atoms with Crippen molar-refractivity contribution in [2.75, 3.05) is 0 Å². The molecule has 0 aliphatic rings. The molecule has 1 atom stereocenters. The van der Waals surface area contributed by atoms with Crippen molar-refractivity contribution in [2.24, 2.45) is 5.41 Å². The maximum atomic E-state index is 13.3. The maximum Gasteiger partial charge on any atom is 0.457 e. The third kappa shape index (κ3) is 4.78. The highest BCUT2D eigenvalue weighted by Crippen LogP contribution is 2.45. The lowest BCUT2D eigenvalue weighted by Gasteiger charge is -2.36. The van der Waals surface area contributed by atoms with Gasteiger partial charge in [0.25, 0.3) is 0 Å². The summed E-state index contributed by atoms with van der Waals surface area (Å²) in [5.74, 6) is -8.44. The number of aliphatic carboxylic acids is 1. The molecule has 4 nitrogen and oxygen atoms in total. The van der Waals surface area contributed by atoms with E-state index in [0.717, 1.165) is 20.8 Å². The number of alkyl halides is 5. The Bertz CT molecular complexity index is 406. The normalized spacial score (nSPS) is 15.2. The Balaban J connectivity index is 5.33. The fourth-order valence-corrected chi connectivity index (χ4v) is 1.24. The fraction of sp³-hybridized carbons (Fsp3) is 0.636. The van der Waals surface area contributed by atoms with Crippen LogP contribution in [0.2, 0.25) is 0 Å². The van der Waals surface area contributed by atoms with Gasteiger partial charge in [-0.2, -0.15) is 22.0 Å². The number of carbonyl (C=O) groups excluding carboxylic acids is 1. The largest absolute Gasteiger partial charge is 0.478 e. The van der Waals surface area contributed by atoms with E-state index in [1.165, 1.54) is 0 Å². The van der Waals surface area contributed by atoms with E-state index in [9.17, 15) is 31.5 Å². The number of esters is 1. The second-order valence-corrected chi connectivity index (χ2v) is 4.98. The maximum absolute atomic E-state index is 13.3. The van der Waals surface area contributed by atoms with Crippen molar-refractivity contribution >= 4 is 11.9 Å². The van der Waals surface area contributed by atoms with Crippen molar-refractivity contribution < 1.29 is 41.4 Å². The number of hydrogen-bond donors (Lipinski definition) is 1. The zero-order chi connectivity index (χ0) is 16.4. The fourth-order valence-electron chi connectivity index (χ4n) is 1.24. The van der Waals surface area contributed by atoms with E-state index in [0.29, 0.717) is 0 Å². The summed E-state index contributed by atoms with van der Waals surface area (Å²) in [6, 6.07) is 0. The summed E-state index contributed by atoms with van der Waals surface area (Å²) in [5, 5.41) is 8.22. The molecule has 0 aromatic rings. The van der Waals surface area contributed by atoms with Crippen LogP contribution in [0.5, 0.6) is 0 Å². The van der Waals surface area contributed by atoms with Crippen molar-refractivity contribution in [3.8, 4) is 0 Å². The first-order valence-corrected chi connectivity index (χ1v) is 5.25. The minimum Gasteiger partial charge on any atom is -0.478 e. The van der Waals surface area contributed by atoms with Gasteiger partial charge in [0.1, 0.15) is 0 Å². The second kappa shape index (κ2) is 5.76. The number of carbonyl (C=O) groups is 2. The first-order valence-electron chi connectivity index (χ1n) is 5.25. The molecule has 0 fully saturated rings. The molecule has 0 aliphatic heterocycles. The van der Waals surface area contributed by atoms with Crippen LogP contribution < -0.4 is 0 Å². The predicted octanol–water partition coefficient (Wildman–Crippen LogP) is 2.78. The van der Waals surface area contributed by atoms with Crippen LogP contribution in [-0.2, 0) is 14.3 Å². The molecule has 116 valence electrons. The molecule has 0 bridgehead atoms. The minimum absolute atomic E-state index is 0.257. The van der Waals surface area contributed by atoms with Gasteiger partial charge in [0.2, 0.25) is 0 Å². The Labute approximate surface area is 111 Å². The Morgan fingerprint density at radius 2 is 1.50 bits per heavy atom. The van der Waals surface area contributed by atoms with Crippen LogP contribution in [-0.4, -0.2) is 35.2 Å². The lowest BCUT2D eigenvalue weighted by atomic mass is 9.84. The number of carboxylic acid groups (broad SMARTS) is 1. The lowest BCUT2D eigenvalue weighted by molar-refractivity contribution is -0.326. The van der Waals surface area contributed by atoms with E-state index in [-0.39, 0.29) is 12.2 Å². The zero-order valence-corrected chi connectivity index (χ0v) is 10.8. The molecule has 9 heteroatoms. The van der Waals surface area contributed by atoms with Gasteiger partial charge in [-0.3, -0.25) is 0 Å². The van der Waals surface area contributed by atoms with Crippen LogP contribution in [0.25, 0.3) is 0 Å². The highest BCUT2D eigenvalue weighted by Gasteiger charge is 2.66. The Hall–Kier alpha value is -1.67. The number of carboxylic acids is 1. The third-order valence-corrected chi connectivity index (χ3v) is 2.09. The standard InChI is InChI=1S/C11H13F5O4/c1-9(2,3)8(10(12,13)11(14,15)16)20-7(19)5-4-6(17)18/h4-5,8H,1-3H3,(H,17,18)/b5-4+. The Morgan fingerprint density at radius 1 is 1.05 bits per heavy atom. The molecule has 0 saturated carbocycles. The van der Waals surface area contributed by atoms with Gasteiger partial charge < -0.3 is 9.84 Å². The van der Waals surface area contributed by atoms with Gasteiger partial charge in [-0.05, 0) is 0 Å². The molecule has 0 radical (unpaired) electrons. The molecule has 0 heterocycles. The van der Waals surface area contributed by atoms with Crippen LogP contribution in [0.3, 0.4) is 0 Å². The van der Waals surface area contributed by atoms with E-state index in [1.807, 2.05) is 0 Å². The number of ether oxygens (including phenoxy) is 1. The summed E-state index contributed by atoms with van der Waals surface area (Å²) in [5.41, 5.74) is -1.72. The smallest absolute Gasteiger partial charge is 0.457 e. The molecule has 0 aromatic carbocycles. The average molecular weight is 304 g/mol. The van der Waals surface area contributed by atoms with Gasteiger partial charge in [-0.25, -0.2) is 9.59 Å². The molecule has 0 rings (SSSR count). The second-order valence-electron chi connectivity index (χ2n) is 4.98. The molecule has 1 N–H and O–H groups in total. The van der Waals surface area contributed by atoms with Crippen molar-refractivity contribution in [1.82, 2.24) is 0 Å². The summed E-state index contributed by atoms with van der Waals surface area (Å²) >= 11 is 0. The topological polar surface area (TPSA) is 63.6 Å². The minimum atomic E-state index is -5.90. The number of halogens is 5. The van der Waals surface area contributed by atoms with E-state index < -0.39 is 35.6 Å². The molecule has 0 aliphatic carbocycles. The summed E-state index contributed by atoms with van der Waals surface area (Å²) in [4.78, 5) is 21.2. The van der Waals surface area contributed by atoms with Gasteiger partial charge in [-0.15, -0.1) is 0 Å². The van der Waals surface area contributed by atoms with E-state index >= 15 is 0 Å². The molecule has 20 heavy (non-hydrogen) atoms. The molecular weight excluding hydrogens is 291 g/mol. The van der Waals surface area contributed by atoms with Crippen LogP contribution in [0.15, 0.2) is 12.2 Å². The molecule has 0 saturated heterocycles. The SMILES string of the molecule is CC(C)(C)C(OC(=O)/C=C/C(=O)O)C(F)(F)C(F)(F)F. The van der Waals surface area contributed by atoms with E-state index in [2.05, 4.69) is 4.74 Å². The van der Waals surface area contributed by atoms with E-state index in [1.54, 1.807) is 0 Å². The summed E-state index contributed by atoms with van der Waals surface area (Å²) in [6.07, 6.45) is -8.16. The predicted molar refractivity (Wildman–Crippen MR) is 57.1 cm³/mol. The van der Waals surface area contributed by atoms with Crippen molar-refractivity contribution in [3.63, 3.8) is 0 Å². The van der Waals surface area contributed by atoms with Crippen LogP contribution in [0, 0.1) is 5.41 Å². The van der Waals surface area contributed by atoms with Crippen molar-refractivity contribution in [3.05, 3.63) is 12.2 Å². The summed E-state index contributed by atoms with van der Waals surface area (Å²) in [6.45, 7) is 3.10. The lowest BCUT2D eigenvalue weighted by Crippen LogP contribution is -2.54. The molecular formula is C11H13F5O4. The van der Waals surface area contributed by atoms with Crippen LogP contribution >= 0.6 is 0 Å². The zero-order valence-electron chi connectivity index (χ0n) is 10.8. The first kappa shape index (κ1) is 18.3. The number of rotatable bonds is 4. The third-order valence-electron chi connectivity index (χ3n) is 2.09. The van der Waals surface area contributed by atoms with Gasteiger partial charge >= 0.3 is 24.0 Å². The Kier molecular flexibility index (Phi) is 5.28.